The summed E-state index contributed by atoms with van der Waals surface area (Å²) >= 11 is 0. The monoisotopic (exact) mass is 410 g/mol. The Morgan fingerprint density at radius 1 is 0.833 bits per heavy atom. The quantitative estimate of drug-likeness (QED) is 0.770. The van der Waals surface area contributed by atoms with E-state index in [9.17, 15) is 4.79 Å². The number of amides is 1. The molecule has 0 bridgehead atoms. The molecule has 2 aromatic rings. The Labute approximate surface area is 176 Å². The Bertz CT molecular complexity index is 926. The van der Waals surface area contributed by atoms with E-state index in [0.717, 1.165) is 55.5 Å². The first kappa shape index (κ1) is 19.2. The van der Waals surface area contributed by atoms with Gasteiger partial charge in [-0.3, -0.25) is 9.69 Å². The first-order valence-electron chi connectivity index (χ1n) is 10.5. The highest BCUT2D eigenvalue weighted by Gasteiger charge is 2.22. The van der Waals surface area contributed by atoms with E-state index in [1.165, 1.54) is 5.56 Å². The molecule has 7 heteroatoms. The Kier molecular flexibility index (Phi) is 5.46. The van der Waals surface area contributed by atoms with Crippen molar-refractivity contribution in [2.75, 3.05) is 46.2 Å². The number of carbonyl (C=O) groups excluding carboxylic acids is 1. The maximum Gasteiger partial charge on any atom is 0.231 e. The highest BCUT2D eigenvalue weighted by atomic mass is 16.7. The van der Waals surface area contributed by atoms with E-state index < -0.39 is 0 Å². The molecule has 7 nitrogen and oxygen atoms in total. The van der Waals surface area contributed by atoms with Crippen LogP contribution in [0.4, 0.5) is 0 Å². The van der Waals surface area contributed by atoms with Crippen molar-refractivity contribution in [3.63, 3.8) is 0 Å². The summed E-state index contributed by atoms with van der Waals surface area (Å²) in [5.74, 6) is 2.40. The molecule has 0 aromatic heterocycles. The van der Waals surface area contributed by atoms with Crippen molar-refractivity contribution in [2.45, 2.75) is 19.5 Å². The normalized spacial score (nSPS) is 18.5. The van der Waals surface area contributed by atoms with Crippen molar-refractivity contribution < 1.29 is 23.7 Å². The molecule has 158 valence electrons. The van der Waals surface area contributed by atoms with Crippen molar-refractivity contribution >= 4 is 5.91 Å². The molecule has 0 atom stereocenters. The zero-order valence-electron chi connectivity index (χ0n) is 17.0. The van der Waals surface area contributed by atoms with Crippen LogP contribution in [0.15, 0.2) is 36.4 Å². The fourth-order valence-electron chi connectivity index (χ4n) is 4.11. The van der Waals surface area contributed by atoms with Crippen LogP contribution < -0.4 is 14.2 Å². The third kappa shape index (κ3) is 4.22. The van der Waals surface area contributed by atoms with Crippen LogP contribution in [0.3, 0.4) is 0 Å². The van der Waals surface area contributed by atoms with Gasteiger partial charge in [0.2, 0.25) is 12.7 Å². The molecule has 1 amide bonds. The van der Waals surface area contributed by atoms with Crippen LogP contribution in [0.5, 0.6) is 17.2 Å². The average Bonchev–Trinajstić information content (AvgIpc) is 3.12. The molecular formula is C23H26N2O5. The summed E-state index contributed by atoms with van der Waals surface area (Å²) in [6.07, 6.45) is 0.333. The first-order chi connectivity index (χ1) is 14.7. The number of hydrogen-bond acceptors (Lipinski definition) is 6. The van der Waals surface area contributed by atoms with Crippen molar-refractivity contribution in [3.8, 4) is 17.2 Å². The van der Waals surface area contributed by atoms with E-state index in [4.69, 9.17) is 18.9 Å². The molecule has 0 aliphatic carbocycles. The van der Waals surface area contributed by atoms with E-state index >= 15 is 0 Å². The Hall–Kier alpha value is -2.77. The summed E-state index contributed by atoms with van der Waals surface area (Å²) in [7, 11) is 0. The topological polar surface area (TPSA) is 60.5 Å². The lowest BCUT2D eigenvalue weighted by Gasteiger charge is -2.27. The minimum Gasteiger partial charge on any atom is -0.491 e. The van der Waals surface area contributed by atoms with E-state index in [1.54, 1.807) is 0 Å². The summed E-state index contributed by atoms with van der Waals surface area (Å²) in [6, 6.07) is 12.0. The number of ether oxygens (including phenoxy) is 4. The third-order valence-electron chi connectivity index (χ3n) is 5.76. The van der Waals surface area contributed by atoms with E-state index in [1.807, 2.05) is 29.2 Å². The molecule has 3 heterocycles. The van der Waals surface area contributed by atoms with Gasteiger partial charge in [0.1, 0.15) is 12.4 Å². The van der Waals surface area contributed by atoms with Crippen LogP contribution in [-0.2, 0) is 29.0 Å². The number of rotatable bonds is 4. The average molecular weight is 410 g/mol. The molecular weight excluding hydrogens is 384 g/mol. The highest BCUT2D eigenvalue weighted by Crippen LogP contribution is 2.33. The Morgan fingerprint density at radius 3 is 2.53 bits per heavy atom. The Balaban J connectivity index is 1.27. The van der Waals surface area contributed by atoms with Crippen molar-refractivity contribution in [2.24, 2.45) is 0 Å². The van der Waals surface area contributed by atoms with Gasteiger partial charge in [0.05, 0.1) is 26.2 Å². The standard InChI is InChI=1S/C23H26N2O5/c26-23(13-17-1-4-21-22(12-17)30-16-29-21)25-7-10-28-20-3-2-18(11-19(20)15-25)14-24-5-8-27-9-6-24/h1-4,11-12H,5-10,13-16H2. The van der Waals surface area contributed by atoms with Crippen LogP contribution in [0.2, 0.25) is 0 Å². The van der Waals surface area contributed by atoms with Gasteiger partial charge in [-0.15, -0.1) is 0 Å². The van der Waals surface area contributed by atoms with Gasteiger partial charge in [-0.2, -0.15) is 0 Å². The Morgan fingerprint density at radius 2 is 1.63 bits per heavy atom. The second-order valence-electron chi connectivity index (χ2n) is 7.86. The predicted octanol–water partition coefficient (Wildman–Crippen LogP) is 2.21. The minimum atomic E-state index is 0.0869. The zero-order valence-corrected chi connectivity index (χ0v) is 17.0. The van der Waals surface area contributed by atoms with Gasteiger partial charge in [0.15, 0.2) is 11.5 Å². The van der Waals surface area contributed by atoms with Crippen molar-refractivity contribution in [1.82, 2.24) is 9.80 Å². The number of benzene rings is 2. The summed E-state index contributed by atoms with van der Waals surface area (Å²) < 4.78 is 22.1. The minimum absolute atomic E-state index is 0.0869. The highest BCUT2D eigenvalue weighted by molar-refractivity contribution is 5.79. The van der Waals surface area contributed by atoms with Gasteiger partial charge in [0, 0.05) is 31.7 Å². The fraction of sp³-hybridized carbons (Fsp3) is 0.435. The second kappa shape index (κ2) is 8.53. The number of fused-ring (bicyclic) bond motifs is 2. The van der Waals surface area contributed by atoms with Crippen LogP contribution in [0, 0.1) is 0 Å². The molecule has 0 spiro atoms. The maximum atomic E-state index is 13.0. The zero-order chi connectivity index (χ0) is 20.3. The van der Waals surface area contributed by atoms with E-state index in [-0.39, 0.29) is 12.7 Å². The molecule has 0 N–H and O–H groups in total. The summed E-state index contributed by atoms with van der Waals surface area (Å²) in [6.45, 7) is 6.25. The predicted molar refractivity (Wildman–Crippen MR) is 110 cm³/mol. The smallest absolute Gasteiger partial charge is 0.231 e. The lowest BCUT2D eigenvalue weighted by atomic mass is 10.1. The summed E-state index contributed by atoms with van der Waals surface area (Å²) in [5.41, 5.74) is 3.23. The number of morpholine rings is 1. The van der Waals surface area contributed by atoms with Crippen LogP contribution in [0.25, 0.3) is 0 Å². The van der Waals surface area contributed by atoms with Crippen molar-refractivity contribution in [1.29, 1.82) is 0 Å². The molecule has 2 aromatic carbocycles. The van der Waals surface area contributed by atoms with Gasteiger partial charge >= 0.3 is 0 Å². The molecule has 0 saturated carbocycles. The van der Waals surface area contributed by atoms with Crippen LogP contribution in [0.1, 0.15) is 16.7 Å². The number of nitrogens with zero attached hydrogens (tertiary/aromatic N) is 2. The fourth-order valence-corrected chi connectivity index (χ4v) is 4.11. The molecule has 1 saturated heterocycles. The number of carbonyl (C=O) groups is 1. The number of hydrogen-bond donors (Lipinski definition) is 0. The lowest BCUT2D eigenvalue weighted by Crippen LogP contribution is -2.35. The van der Waals surface area contributed by atoms with Gasteiger partial charge in [0.25, 0.3) is 0 Å². The van der Waals surface area contributed by atoms with E-state index in [0.29, 0.717) is 31.9 Å². The lowest BCUT2D eigenvalue weighted by molar-refractivity contribution is -0.131. The third-order valence-corrected chi connectivity index (χ3v) is 5.76. The molecule has 5 rings (SSSR count). The van der Waals surface area contributed by atoms with Gasteiger partial charge in [-0.05, 0) is 35.4 Å². The molecule has 3 aliphatic rings. The molecule has 1 fully saturated rings. The second-order valence-corrected chi connectivity index (χ2v) is 7.86. The van der Waals surface area contributed by atoms with E-state index in [2.05, 4.69) is 17.0 Å². The molecule has 0 radical (unpaired) electrons. The summed E-state index contributed by atoms with van der Waals surface area (Å²) in [4.78, 5) is 17.3. The first-order valence-corrected chi connectivity index (χ1v) is 10.5. The van der Waals surface area contributed by atoms with Gasteiger partial charge in [-0.1, -0.05) is 12.1 Å². The molecule has 30 heavy (non-hydrogen) atoms. The van der Waals surface area contributed by atoms with Crippen molar-refractivity contribution in [3.05, 3.63) is 53.1 Å². The summed E-state index contributed by atoms with van der Waals surface area (Å²) in [5, 5.41) is 0. The van der Waals surface area contributed by atoms with Gasteiger partial charge in [-0.25, -0.2) is 0 Å². The maximum absolute atomic E-state index is 13.0. The largest absolute Gasteiger partial charge is 0.491 e. The van der Waals surface area contributed by atoms with Crippen LogP contribution in [-0.4, -0.2) is 62.0 Å². The SMILES string of the molecule is O=C(Cc1ccc2c(c1)OCO2)N1CCOc2ccc(CN3CCOCC3)cc2C1. The van der Waals surface area contributed by atoms with Gasteiger partial charge < -0.3 is 23.8 Å². The molecule has 3 aliphatic heterocycles. The van der Waals surface area contributed by atoms with Crippen LogP contribution >= 0.6 is 0 Å². The molecule has 0 unspecified atom stereocenters.